The first-order chi connectivity index (χ1) is 7.43. The molecule has 1 aliphatic rings. The molecule has 0 bridgehead atoms. The lowest BCUT2D eigenvalue weighted by atomic mass is 10.2. The van der Waals surface area contributed by atoms with Gasteiger partial charge in [0.05, 0.1) is 31.0 Å². The molecule has 0 amide bonds. The first-order valence-electron chi connectivity index (χ1n) is 5.16. The fraction of sp³-hybridized carbons (Fsp3) is 0.364. The van der Waals surface area contributed by atoms with Crippen LogP contribution < -0.4 is 5.32 Å². The van der Waals surface area contributed by atoms with Gasteiger partial charge in [0.2, 0.25) is 0 Å². The molecule has 4 nitrogen and oxygen atoms in total. The lowest BCUT2D eigenvalue weighted by molar-refractivity contribution is -0.00574. The van der Waals surface area contributed by atoms with Gasteiger partial charge < -0.3 is 10.1 Å². The van der Waals surface area contributed by atoms with Crippen molar-refractivity contribution in [1.82, 2.24) is 14.9 Å². The van der Waals surface area contributed by atoms with Gasteiger partial charge in [-0.3, -0.25) is 0 Å². The smallest absolute Gasteiger partial charge is 0.0706 e. The van der Waals surface area contributed by atoms with Gasteiger partial charge in [-0.2, -0.15) is 5.10 Å². The zero-order chi connectivity index (χ0) is 10.1. The zero-order valence-electron chi connectivity index (χ0n) is 8.39. The molecule has 2 aromatic rings. The molecular formula is C11H13N3O. The summed E-state index contributed by atoms with van der Waals surface area (Å²) >= 11 is 0. The first kappa shape index (κ1) is 8.88. The second-order valence-corrected chi connectivity index (χ2v) is 3.82. The summed E-state index contributed by atoms with van der Waals surface area (Å²) in [6.45, 7) is 2.53. The van der Waals surface area contributed by atoms with Crippen molar-refractivity contribution < 1.29 is 4.74 Å². The molecule has 78 valence electrons. The maximum atomic E-state index is 5.11. The van der Waals surface area contributed by atoms with Gasteiger partial charge in [-0.1, -0.05) is 6.07 Å². The number of nitrogens with zero attached hydrogens (tertiary/aromatic N) is 2. The highest BCUT2D eigenvalue weighted by molar-refractivity contribution is 5.53. The minimum atomic E-state index is 0.517. The fourth-order valence-corrected chi connectivity index (χ4v) is 1.73. The molecular weight excluding hydrogens is 190 g/mol. The Morgan fingerprint density at radius 3 is 3.20 bits per heavy atom. The topological polar surface area (TPSA) is 38.6 Å². The molecule has 0 atom stereocenters. The van der Waals surface area contributed by atoms with E-state index in [9.17, 15) is 0 Å². The quantitative estimate of drug-likeness (QED) is 0.802. The highest BCUT2D eigenvalue weighted by Crippen LogP contribution is 2.10. The molecule has 1 N–H and O–H groups in total. The standard InChI is InChI=1S/C11H13N3O/c1-2-4-14-11(3-1)9(6-13-14)5-12-10-7-15-8-10/h1-4,6,10,12H,5,7-8H2. The Labute approximate surface area is 87.9 Å². The summed E-state index contributed by atoms with van der Waals surface area (Å²) in [4.78, 5) is 0. The van der Waals surface area contributed by atoms with Gasteiger partial charge in [0.1, 0.15) is 0 Å². The highest BCUT2D eigenvalue weighted by atomic mass is 16.5. The molecule has 0 spiro atoms. The van der Waals surface area contributed by atoms with Gasteiger partial charge in [0.25, 0.3) is 0 Å². The Morgan fingerprint density at radius 2 is 2.40 bits per heavy atom. The van der Waals surface area contributed by atoms with Crippen molar-refractivity contribution in [2.24, 2.45) is 0 Å². The third-order valence-electron chi connectivity index (χ3n) is 2.73. The summed E-state index contributed by atoms with van der Waals surface area (Å²) in [7, 11) is 0. The molecule has 4 heteroatoms. The predicted molar refractivity (Wildman–Crippen MR) is 56.6 cm³/mol. The van der Waals surface area contributed by atoms with Crippen LogP contribution in [0.25, 0.3) is 5.52 Å². The number of fused-ring (bicyclic) bond motifs is 1. The van der Waals surface area contributed by atoms with E-state index >= 15 is 0 Å². The second-order valence-electron chi connectivity index (χ2n) is 3.82. The van der Waals surface area contributed by atoms with E-state index in [0.29, 0.717) is 6.04 Å². The number of aromatic nitrogens is 2. The van der Waals surface area contributed by atoms with Crippen LogP contribution in [0.15, 0.2) is 30.6 Å². The molecule has 3 rings (SSSR count). The fourth-order valence-electron chi connectivity index (χ4n) is 1.73. The zero-order valence-corrected chi connectivity index (χ0v) is 8.39. The van der Waals surface area contributed by atoms with E-state index in [0.717, 1.165) is 19.8 Å². The third-order valence-corrected chi connectivity index (χ3v) is 2.73. The van der Waals surface area contributed by atoms with Gasteiger partial charge >= 0.3 is 0 Å². The van der Waals surface area contributed by atoms with Crippen LogP contribution >= 0.6 is 0 Å². The molecule has 1 aliphatic heterocycles. The molecule has 0 saturated carbocycles. The lowest BCUT2D eigenvalue weighted by Gasteiger charge is -2.26. The molecule has 0 aromatic carbocycles. The lowest BCUT2D eigenvalue weighted by Crippen LogP contribution is -2.45. The Bertz CT molecular complexity index is 462. The Morgan fingerprint density at radius 1 is 1.47 bits per heavy atom. The monoisotopic (exact) mass is 203 g/mol. The van der Waals surface area contributed by atoms with E-state index in [-0.39, 0.29) is 0 Å². The van der Waals surface area contributed by atoms with E-state index < -0.39 is 0 Å². The molecule has 0 aliphatic carbocycles. The van der Waals surface area contributed by atoms with Crippen molar-refractivity contribution in [1.29, 1.82) is 0 Å². The van der Waals surface area contributed by atoms with Crippen molar-refractivity contribution in [3.63, 3.8) is 0 Å². The van der Waals surface area contributed by atoms with Crippen LogP contribution in [0, 0.1) is 0 Å². The Kier molecular flexibility index (Phi) is 2.16. The number of rotatable bonds is 3. The average molecular weight is 203 g/mol. The summed E-state index contributed by atoms with van der Waals surface area (Å²) in [5.74, 6) is 0. The molecule has 1 fully saturated rings. The van der Waals surface area contributed by atoms with Crippen molar-refractivity contribution >= 4 is 5.52 Å². The van der Waals surface area contributed by atoms with E-state index in [1.54, 1.807) is 0 Å². The minimum absolute atomic E-state index is 0.517. The molecule has 15 heavy (non-hydrogen) atoms. The van der Waals surface area contributed by atoms with Crippen LogP contribution in [0.2, 0.25) is 0 Å². The Hall–Kier alpha value is -1.39. The number of pyridine rings is 1. The summed E-state index contributed by atoms with van der Waals surface area (Å²) < 4.78 is 7.01. The van der Waals surface area contributed by atoms with Crippen molar-refractivity contribution in [3.05, 3.63) is 36.2 Å². The number of hydrogen-bond acceptors (Lipinski definition) is 3. The molecule has 2 aromatic heterocycles. The third kappa shape index (κ3) is 1.62. The largest absolute Gasteiger partial charge is 0.378 e. The van der Waals surface area contributed by atoms with Crippen LogP contribution in [0.4, 0.5) is 0 Å². The van der Waals surface area contributed by atoms with E-state index in [1.165, 1.54) is 11.1 Å². The van der Waals surface area contributed by atoms with Gasteiger partial charge in [-0.15, -0.1) is 0 Å². The first-order valence-corrected chi connectivity index (χ1v) is 5.16. The Balaban J connectivity index is 1.78. The van der Waals surface area contributed by atoms with Gasteiger partial charge in [0, 0.05) is 18.3 Å². The minimum Gasteiger partial charge on any atom is -0.378 e. The molecule has 0 radical (unpaired) electrons. The molecule has 0 unspecified atom stereocenters. The number of nitrogens with one attached hydrogen (secondary N) is 1. The summed E-state index contributed by atoms with van der Waals surface area (Å²) in [5.41, 5.74) is 2.41. The summed E-state index contributed by atoms with van der Waals surface area (Å²) in [5, 5.41) is 7.72. The maximum absolute atomic E-state index is 5.11. The van der Waals surface area contributed by atoms with E-state index in [4.69, 9.17) is 4.74 Å². The van der Waals surface area contributed by atoms with Crippen molar-refractivity contribution in [2.75, 3.05) is 13.2 Å². The van der Waals surface area contributed by atoms with Crippen LogP contribution in [-0.2, 0) is 11.3 Å². The van der Waals surface area contributed by atoms with Crippen molar-refractivity contribution in [3.8, 4) is 0 Å². The normalized spacial score (nSPS) is 16.8. The number of hydrogen-bond donors (Lipinski definition) is 1. The number of ether oxygens (including phenoxy) is 1. The van der Waals surface area contributed by atoms with E-state index in [2.05, 4.69) is 16.5 Å². The van der Waals surface area contributed by atoms with Gasteiger partial charge in [0.15, 0.2) is 0 Å². The SMILES string of the molecule is c1ccn2ncc(CNC3COC3)c2c1. The van der Waals surface area contributed by atoms with Gasteiger partial charge in [-0.05, 0) is 12.1 Å². The average Bonchev–Trinajstić information content (AvgIpc) is 2.60. The van der Waals surface area contributed by atoms with E-state index in [1.807, 2.05) is 29.0 Å². The van der Waals surface area contributed by atoms with Crippen LogP contribution in [0.5, 0.6) is 0 Å². The predicted octanol–water partition coefficient (Wildman–Crippen LogP) is 0.823. The van der Waals surface area contributed by atoms with Gasteiger partial charge in [-0.25, -0.2) is 4.52 Å². The molecule has 3 heterocycles. The highest BCUT2D eigenvalue weighted by Gasteiger charge is 2.17. The van der Waals surface area contributed by atoms with Crippen LogP contribution in [0.1, 0.15) is 5.56 Å². The van der Waals surface area contributed by atoms with Crippen molar-refractivity contribution in [2.45, 2.75) is 12.6 Å². The summed E-state index contributed by atoms with van der Waals surface area (Å²) in [6, 6.07) is 6.62. The van der Waals surface area contributed by atoms with Crippen LogP contribution in [0.3, 0.4) is 0 Å². The summed E-state index contributed by atoms with van der Waals surface area (Å²) in [6.07, 6.45) is 3.88. The molecule has 1 saturated heterocycles. The van der Waals surface area contributed by atoms with Crippen LogP contribution in [-0.4, -0.2) is 28.9 Å². The second kappa shape index (κ2) is 3.64. The maximum Gasteiger partial charge on any atom is 0.0706 e.